The van der Waals surface area contributed by atoms with Gasteiger partial charge in [-0.3, -0.25) is 9.59 Å². The van der Waals surface area contributed by atoms with E-state index in [1.807, 2.05) is 25.1 Å². The van der Waals surface area contributed by atoms with Crippen LogP contribution in [0.25, 0.3) is 0 Å². The molecule has 0 bridgehead atoms. The van der Waals surface area contributed by atoms with Crippen molar-refractivity contribution >= 4 is 17.5 Å². The summed E-state index contributed by atoms with van der Waals surface area (Å²) in [5.74, 6) is 0.938. The molecule has 4 N–H and O–H groups in total. The summed E-state index contributed by atoms with van der Waals surface area (Å²) in [7, 11) is 0. The molecule has 0 aromatic heterocycles. The number of carbonyl (C=O) groups excluding carboxylic acids is 2. The summed E-state index contributed by atoms with van der Waals surface area (Å²) in [4.78, 5) is 24.6. The smallest absolute Gasteiger partial charge is 0.253 e. The molecule has 2 aromatic carbocycles. The number of fused-ring (bicyclic) bond motifs is 1. The first kappa shape index (κ1) is 18.7. The van der Waals surface area contributed by atoms with E-state index in [4.69, 9.17) is 15.2 Å². The summed E-state index contributed by atoms with van der Waals surface area (Å²) in [5.41, 5.74) is 7.47. The Kier molecular flexibility index (Phi) is 5.93. The molecule has 1 aliphatic heterocycles. The van der Waals surface area contributed by atoms with Crippen LogP contribution in [0.15, 0.2) is 42.5 Å². The fourth-order valence-corrected chi connectivity index (χ4v) is 2.69. The van der Waals surface area contributed by atoms with Gasteiger partial charge in [0.15, 0.2) is 11.5 Å². The van der Waals surface area contributed by atoms with Crippen molar-refractivity contribution in [1.29, 1.82) is 0 Å². The van der Waals surface area contributed by atoms with E-state index in [1.54, 1.807) is 24.3 Å². The van der Waals surface area contributed by atoms with Gasteiger partial charge < -0.3 is 25.8 Å². The maximum absolute atomic E-state index is 12.6. The average molecular weight is 369 g/mol. The van der Waals surface area contributed by atoms with E-state index in [0.717, 1.165) is 5.56 Å². The van der Waals surface area contributed by atoms with Crippen LogP contribution < -0.4 is 25.8 Å². The normalized spacial score (nSPS) is 13.1. The molecule has 1 heterocycles. The topological polar surface area (TPSA) is 103 Å². The molecule has 1 atom stereocenters. The number of anilines is 1. The molecule has 7 nitrogen and oxygen atoms in total. The third-order valence-electron chi connectivity index (χ3n) is 4.16. The highest BCUT2D eigenvalue weighted by Gasteiger charge is 2.15. The van der Waals surface area contributed by atoms with Gasteiger partial charge in [0.05, 0.1) is 11.3 Å². The number of para-hydroxylation sites is 1. The Morgan fingerprint density at radius 2 is 1.93 bits per heavy atom. The molecule has 3 rings (SSSR count). The zero-order chi connectivity index (χ0) is 19.2. The Balaban J connectivity index is 1.62. The molecule has 1 aliphatic rings. The van der Waals surface area contributed by atoms with Crippen molar-refractivity contribution in [3.8, 4) is 11.5 Å². The van der Waals surface area contributed by atoms with Crippen molar-refractivity contribution in [2.45, 2.75) is 32.4 Å². The Labute approximate surface area is 157 Å². The van der Waals surface area contributed by atoms with E-state index >= 15 is 0 Å². The molecule has 1 unspecified atom stereocenters. The molecule has 142 valence electrons. The maximum Gasteiger partial charge on any atom is 0.253 e. The molecular formula is C20H23N3O4. The lowest BCUT2D eigenvalue weighted by atomic mass is 10.1. The maximum atomic E-state index is 12.6. The summed E-state index contributed by atoms with van der Waals surface area (Å²) < 4.78 is 10.6. The predicted molar refractivity (Wildman–Crippen MR) is 102 cm³/mol. The molecule has 2 aromatic rings. The third-order valence-corrected chi connectivity index (χ3v) is 4.16. The van der Waals surface area contributed by atoms with Crippen LogP contribution in [0.5, 0.6) is 11.5 Å². The molecule has 0 saturated carbocycles. The van der Waals surface area contributed by atoms with Gasteiger partial charge in [-0.1, -0.05) is 18.2 Å². The zero-order valence-electron chi connectivity index (χ0n) is 15.2. The summed E-state index contributed by atoms with van der Waals surface area (Å²) in [6, 6.07) is 12.4. The third kappa shape index (κ3) is 4.98. The van der Waals surface area contributed by atoms with E-state index in [-0.39, 0.29) is 24.6 Å². The van der Waals surface area contributed by atoms with Gasteiger partial charge in [0, 0.05) is 19.0 Å². The van der Waals surface area contributed by atoms with Crippen LogP contribution in [0.4, 0.5) is 5.69 Å². The Bertz CT molecular complexity index is 836. The first-order valence-electron chi connectivity index (χ1n) is 8.84. The molecule has 7 heteroatoms. The molecule has 0 radical (unpaired) electrons. The van der Waals surface area contributed by atoms with Gasteiger partial charge in [-0.25, -0.2) is 0 Å². The molecular weight excluding hydrogens is 346 g/mol. The highest BCUT2D eigenvalue weighted by atomic mass is 16.7. The number of amides is 2. The van der Waals surface area contributed by atoms with Crippen molar-refractivity contribution in [2.24, 2.45) is 5.73 Å². The van der Waals surface area contributed by atoms with E-state index in [0.29, 0.717) is 42.1 Å². The molecule has 0 aliphatic carbocycles. The monoisotopic (exact) mass is 369 g/mol. The number of carbonyl (C=O) groups is 2. The summed E-state index contributed by atoms with van der Waals surface area (Å²) in [5, 5.41) is 5.65. The highest BCUT2D eigenvalue weighted by molar-refractivity contribution is 6.03. The number of benzene rings is 2. The van der Waals surface area contributed by atoms with Crippen LogP contribution in [-0.4, -0.2) is 24.6 Å². The lowest BCUT2D eigenvalue weighted by Crippen LogP contribution is -2.25. The van der Waals surface area contributed by atoms with Gasteiger partial charge in [0.2, 0.25) is 12.7 Å². The molecule has 0 saturated heterocycles. The lowest BCUT2D eigenvalue weighted by Gasteiger charge is -2.12. The van der Waals surface area contributed by atoms with Crippen molar-refractivity contribution in [3.63, 3.8) is 0 Å². The number of ether oxygens (including phenoxy) is 2. The SMILES string of the molecule is CC(N)CCC(=O)Nc1ccccc1C(=O)NCc1ccc2c(c1)OCO2. The van der Waals surface area contributed by atoms with E-state index in [1.165, 1.54) is 0 Å². The Morgan fingerprint density at radius 3 is 2.74 bits per heavy atom. The molecule has 0 spiro atoms. The number of hydrogen-bond acceptors (Lipinski definition) is 5. The standard InChI is InChI=1S/C20H23N3O4/c1-13(21)6-9-19(24)23-16-5-3-2-4-15(16)20(25)22-11-14-7-8-17-18(10-14)27-12-26-17/h2-5,7-8,10,13H,6,9,11-12,21H2,1H3,(H,22,25)(H,23,24). The van der Waals surface area contributed by atoms with Gasteiger partial charge in [-0.2, -0.15) is 0 Å². The molecule has 27 heavy (non-hydrogen) atoms. The van der Waals surface area contributed by atoms with Crippen molar-refractivity contribution in [3.05, 3.63) is 53.6 Å². The van der Waals surface area contributed by atoms with Crippen LogP contribution >= 0.6 is 0 Å². The summed E-state index contributed by atoms with van der Waals surface area (Å²) in [6.07, 6.45) is 0.898. The second-order valence-electron chi connectivity index (χ2n) is 6.48. The minimum atomic E-state index is -0.268. The fourth-order valence-electron chi connectivity index (χ4n) is 2.69. The average Bonchev–Trinajstić information content (AvgIpc) is 3.12. The summed E-state index contributed by atoms with van der Waals surface area (Å²) in [6.45, 7) is 2.40. The number of rotatable bonds is 7. The van der Waals surface area contributed by atoms with E-state index < -0.39 is 0 Å². The Hall–Kier alpha value is -3.06. The van der Waals surface area contributed by atoms with Crippen molar-refractivity contribution < 1.29 is 19.1 Å². The van der Waals surface area contributed by atoms with E-state index in [2.05, 4.69) is 10.6 Å². The second kappa shape index (κ2) is 8.55. The fraction of sp³-hybridized carbons (Fsp3) is 0.300. The first-order valence-corrected chi connectivity index (χ1v) is 8.84. The van der Waals surface area contributed by atoms with Gasteiger partial charge >= 0.3 is 0 Å². The summed E-state index contributed by atoms with van der Waals surface area (Å²) >= 11 is 0. The minimum Gasteiger partial charge on any atom is -0.454 e. The minimum absolute atomic E-state index is 0.0454. The van der Waals surface area contributed by atoms with Crippen LogP contribution in [0.1, 0.15) is 35.7 Å². The van der Waals surface area contributed by atoms with Crippen molar-refractivity contribution in [2.75, 3.05) is 12.1 Å². The van der Waals surface area contributed by atoms with Crippen LogP contribution in [-0.2, 0) is 11.3 Å². The number of nitrogens with one attached hydrogen (secondary N) is 2. The second-order valence-corrected chi connectivity index (χ2v) is 6.48. The van der Waals surface area contributed by atoms with Crippen LogP contribution in [0, 0.1) is 0 Å². The zero-order valence-corrected chi connectivity index (χ0v) is 15.2. The number of nitrogens with two attached hydrogens (primary N) is 1. The van der Waals surface area contributed by atoms with Gasteiger partial charge in [0.25, 0.3) is 5.91 Å². The first-order chi connectivity index (χ1) is 13.0. The van der Waals surface area contributed by atoms with Crippen LogP contribution in [0.2, 0.25) is 0 Å². The molecule has 2 amide bonds. The largest absolute Gasteiger partial charge is 0.454 e. The van der Waals surface area contributed by atoms with Crippen LogP contribution in [0.3, 0.4) is 0 Å². The van der Waals surface area contributed by atoms with Gasteiger partial charge in [-0.05, 0) is 43.2 Å². The highest BCUT2D eigenvalue weighted by Crippen LogP contribution is 2.32. The lowest BCUT2D eigenvalue weighted by molar-refractivity contribution is -0.116. The van der Waals surface area contributed by atoms with Gasteiger partial charge in [0.1, 0.15) is 0 Å². The van der Waals surface area contributed by atoms with Gasteiger partial charge in [-0.15, -0.1) is 0 Å². The quantitative estimate of drug-likeness (QED) is 0.695. The Morgan fingerprint density at radius 1 is 1.15 bits per heavy atom. The molecule has 0 fully saturated rings. The van der Waals surface area contributed by atoms with Crippen molar-refractivity contribution in [1.82, 2.24) is 5.32 Å². The predicted octanol–water partition coefficient (Wildman–Crippen LogP) is 2.41. The van der Waals surface area contributed by atoms with E-state index in [9.17, 15) is 9.59 Å². The number of hydrogen-bond donors (Lipinski definition) is 3.